The van der Waals surface area contributed by atoms with Gasteiger partial charge in [-0.25, -0.2) is 14.7 Å². The van der Waals surface area contributed by atoms with Crippen molar-refractivity contribution in [2.45, 2.75) is 26.5 Å². The van der Waals surface area contributed by atoms with Crippen LogP contribution in [0.2, 0.25) is 0 Å². The zero-order chi connectivity index (χ0) is 27.2. The van der Waals surface area contributed by atoms with Crippen LogP contribution < -0.4 is 10.2 Å². The Bertz CT molecular complexity index is 1040. The number of hydroxylamine groups is 2. The second-order valence-corrected chi connectivity index (χ2v) is 8.60. The van der Waals surface area contributed by atoms with Gasteiger partial charge in [-0.2, -0.15) is 0 Å². The third-order valence-corrected chi connectivity index (χ3v) is 5.29. The van der Waals surface area contributed by atoms with E-state index in [9.17, 15) is 19.6 Å². The maximum Gasteiger partial charge on any atom is 0.411 e. The fourth-order valence-corrected chi connectivity index (χ4v) is 3.29. The van der Waals surface area contributed by atoms with E-state index in [4.69, 9.17) is 9.47 Å². The Morgan fingerprint density at radius 1 is 0.892 bits per heavy atom. The lowest BCUT2D eigenvalue weighted by atomic mass is 10.1. The largest absolute Gasteiger partial charge is 0.463 e. The third-order valence-electron chi connectivity index (χ3n) is 5.29. The van der Waals surface area contributed by atoms with Gasteiger partial charge in [0.05, 0.1) is 6.61 Å². The summed E-state index contributed by atoms with van der Waals surface area (Å²) in [7, 11) is 5.84. The molecule has 2 aromatic carbocycles. The van der Waals surface area contributed by atoms with Crippen LogP contribution in [0.1, 0.15) is 24.5 Å². The van der Waals surface area contributed by atoms with Gasteiger partial charge in [-0.1, -0.05) is 24.3 Å². The molecule has 2 aromatic rings. The summed E-state index contributed by atoms with van der Waals surface area (Å²) in [5, 5.41) is 13.1. The van der Waals surface area contributed by atoms with Gasteiger partial charge in [-0.15, -0.1) is 0 Å². The van der Waals surface area contributed by atoms with Gasteiger partial charge in [0.1, 0.15) is 6.61 Å². The van der Waals surface area contributed by atoms with Crippen LogP contribution in [-0.2, 0) is 32.2 Å². The highest BCUT2D eigenvalue weighted by Crippen LogP contribution is 2.16. The van der Waals surface area contributed by atoms with E-state index in [0.29, 0.717) is 30.3 Å². The highest BCUT2D eigenvalue weighted by Gasteiger charge is 2.09. The quantitative estimate of drug-likeness (QED) is 0.181. The van der Waals surface area contributed by atoms with Gasteiger partial charge in [0.25, 0.3) is 5.91 Å². The lowest BCUT2D eigenvalue weighted by molar-refractivity contribution is -0.159. The molecule has 0 fully saturated rings. The van der Waals surface area contributed by atoms with Gasteiger partial charge in [-0.05, 0) is 62.3 Å². The first-order valence-electron chi connectivity index (χ1n) is 12.0. The predicted molar refractivity (Wildman–Crippen MR) is 141 cm³/mol. The molecule has 0 spiro atoms. The van der Waals surface area contributed by atoms with Crippen molar-refractivity contribution < 1.29 is 29.1 Å². The number of hydrogen-bond acceptors (Lipinski definition) is 8. The van der Waals surface area contributed by atoms with Crippen molar-refractivity contribution >= 4 is 29.3 Å². The van der Waals surface area contributed by atoms with Crippen molar-refractivity contribution in [3.8, 4) is 0 Å². The summed E-state index contributed by atoms with van der Waals surface area (Å²) in [6, 6.07) is 15.2. The number of nitrogens with zero attached hydrogens (tertiary/aromatic N) is 3. The number of ether oxygens (including phenoxy) is 2. The van der Waals surface area contributed by atoms with Gasteiger partial charge in [0.15, 0.2) is 0 Å². The minimum absolute atomic E-state index is 0.133. The molecule has 0 aromatic heterocycles. The number of hydrogen-bond donors (Lipinski definition) is 2. The molecule has 2 rings (SSSR count). The van der Waals surface area contributed by atoms with E-state index in [-0.39, 0.29) is 19.8 Å². The smallest absolute Gasteiger partial charge is 0.411 e. The minimum atomic E-state index is -0.676. The zero-order valence-corrected chi connectivity index (χ0v) is 21.8. The molecule has 0 saturated carbocycles. The molecule has 0 aliphatic rings. The summed E-state index contributed by atoms with van der Waals surface area (Å²) in [5.74, 6) is -1.31. The van der Waals surface area contributed by atoms with Gasteiger partial charge in [0.2, 0.25) is 0 Å². The van der Waals surface area contributed by atoms with E-state index in [1.165, 1.54) is 0 Å². The second-order valence-electron chi connectivity index (χ2n) is 8.60. The number of esters is 1. The van der Waals surface area contributed by atoms with Gasteiger partial charge < -0.3 is 19.3 Å². The highest BCUT2D eigenvalue weighted by atomic mass is 16.5. The van der Waals surface area contributed by atoms with Crippen molar-refractivity contribution in [2.75, 3.05) is 51.1 Å². The van der Waals surface area contributed by atoms with Crippen molar-refractivity contribution in [1.82, 2.24) is 9.96 Å². The molecule has 37 heavy (non-hydrogen) atoms. The van der Waals surface area contributed by atoms with E-state index in [2.05, 4.69) is 10.2 Å². The van der Waals surface area contributed by atoms with Crippen molar-refractivity contribution in [1.29, 1.82) is 0 Å². The molecule has 0 unspecified atom stereocenters. The maximum atomic E-state index is 12.1. The van der Waals surface area contributed by atoms with Gasteiger partial charge in [0, 0.05) is 50.7 Å². The number of anilines is 2. The number of nitrogens with one attached hydrogen (secondary N) is 1. The summed E-state index contributed by atoms with van der Waals surface area (Å²) in [6.45, 7) is 3.49. The molecule has 0 bridgehead atoms. The summed E-state index contributed by atoms with van der Waals surface area (Å²) in [6.07, 6.45) is 2.00. The molecule has 0 aliphatic carbocycles. The first-order valence-corrected chi connectivity index (χ1v) is 12.0. The number of carbonyl (C=O) groups excluding carboxylic acids is 3. The van der Waals surface area contributed by atoms with Crippen LogP contribution in [0.3, 0.4) is 0 Å². The molecule has 0 atom stereocenters. The fraction of sp³-hybridized carbons (Fsp3) is 0.370. The normalized spacial score (nSPS) is 10.9. The standard InChI is InChI=1S/C27H36N4O6/c1-5-36-26(33)16-15-25(32)31(35)18-6-17-30(4)19-21-7-9-22(10-8-21)20-37-27(34)28-23-11-13-24(14-12-23)29(2)3/h7-16,35H,5-6,17-20H2,1-4H3,(H,28,34)/b16-15+. The highest BCUT2D eigenvalue weighted by molar-refractivity contribution is 5.94. The monoisotopic (exact) mass is 512 g/mol. The minimum Gasteiger partial charge on any atom is -0.463 e. The van der Waals surface area contributed by atoms with Crippen LogP contribution in [0.4, 0.5) is 16.2 Å². The number of benzene rings is 2. The fourth-order valence-electron chi connectivity index (χ4n) is 3.29. The van der Waals surface area contributed by atoms with Crippen LogP contribution in [0.25, 0.3) is 0 Å². The molecule has 200 valence electrons. The lowest BCUT2D eigenvalue weighted by Crippen LogP contribution is -2.29. The third kappa shape index (κ3) is 11.1. The number of amides is 2. The average Bonchev–Trinajstić information content (AvgIpc) is 2.87. The van der Waals surface area contributed by atoms with E-state index in [1.54, 1.807) is 6.92 Å². The first kappa shape index (κ1) is 29.3. The number of carbonyl (C=O) groups is 3. The Kier molecular flexibility index (Phi) is 12.1. The molecule has 10 heteroatoms. The molecule has 2 N–H and O–H groups in total. The summed E-state index contributed by atoms with van der Waals surface area (Å²) in [4.78, 5) is 39.2. The molecule has 0 saturated heterocycles. The Labute approximate surface area is 218 Å². The molecule has 2 amide bonds. The Morgan fingerprint density at radius 2 is 1.54 bits per heavy atom. The van der Waals surface area contributed by atoms with E-state index in [0.717, 1.165) is 29.0 Å². The van der Waals surface area contributed by atoms with Crippen molar-refractivity contribution in [2.24, 2.45) is 0 Å². The van der Waals surface area contributed by atoms with Crippen LogP contribution in [0.15, 0.2) is 60.7 Å². The summed E-state index contributed by atoms with van der Waals surface area (Å²) < 4.78 is 10.0. The molecule has 0 heterocycles. The maximum absolute atomic E-state index is 12.1. The van der Waals surface area contributed by atoms with Crippen molar-refractivity contribution in [3.63, 3.8) is 0 Å². The van der Waals surface area contributed by atoms with Crippen LogP contribution in [0, 0.1) is 0 Å². The van der Waals surface area contributed by atoms with E-state index < -0.39 is 18.0 Å². The van der Waals surface area contributed by atoms with Crippen molar-refractivity contribution in [3.05, 3.63) is 71.8 Å². The average molecular weight is 513 g/mol. The molecule has 0 aliphatic heterocycles. The van der Waals surface area contributed by atoms with Crippen LogP contribution >= 0.6 is 0 Å². The molecular weight excluding hydrogens is 476 g/mol. The van der Waals surface area contributed by atoms with Gasteiger partial charge in [-0.3, -0.25) is 15.3 Å². The van der Waals surface area contributed by atoms with Crippen LogP contribution in [0.5, 0.6) is 0 Å². The summed E-state index contributed by atoms with van der Waals surface area (Å²) in [5.41, 5.74) is 3.65. The van der Waals surface area contributed by atoms with E-state index in [1.807, 2.05) is 74.6 Å². The lowest BCUT2D eigenvalue weighted by Gasteiger charge is -2.19. The predicted octanol–water partition coefficient (Wildman–Crippen LogP) is 3.66. The zero-order valence-electron chi connectivity index (χ0n) is 21.8. The molecule has 0 radical (unpaired) electrons. The Hall–Kier alpha value is -3.89. The summed E-state index contributed by atoms with van der Waals surface area (Å²) >= 11 is 0. The molecule has 10 nitrogen and oxygen atoms in total. The Balaban J connectivity index is 1.69. The van der Waals surface area contributed by atoms with Crippen LogP contribution in [-0.4, -0.2) is 74.0 Å². The first-order chi connectivity index (χ1) is 17.7. The molecular formula is C27H36N4O6. The van der Waals surface area contributed by atoms with E-state index >= 15 is 0 Å². The Morgan fingerprint density at radius 3 is 2.16 bits per heavy atom. The number of rotatable bonds is 13. The topological polar surface area (TPSA) is 112 Å². The SMILES string of the molecule is CCOC(=O)/C=C/C(=O)N(O)CCCN(C)Cc1ccc(COC(=O)Nc2ccc(N(C)C)cc2)cc1. The second kappa shape index (κ2) is 15.3. The van der Waals surface area contributed by atoms with Gasteiger partial charge >= 0.3 is 12.1 Å².